The van der Waals surface area contributed by atoms with Crippen LogP contribution in [0.3, 0.4) is 0 Å². The summed E-state index contributed by atoms with van der Waals surface area (Å²) in [6.07, 6.45) is 12.3. The molecular formula is C107H105N25O6. The Morgan fingerprint density at radius 1 is 0.355 bits per heavy atom. The van der Waals surface area contributed by atoms with Crippen molar-refractivity contribution in [1.29, 1.82) is 0 Å². The number of aromatic nitrogens is 18. The molecule has 31 heteroatoms. The van der Waals surface area contributed by atoms with Crippen LogP contribution in [0.1, 0.15) is 118 Å². The van der Waals surface area contributed by atoms with Gasteiger partial charge in [0.2, 0.25) is 5.91 Å². The van der Waals surface area contributed by atoms with Crippen LogP contribution in [0, 0.1) is 93.8 Å². The van der Waals surface area contributed by atoms with Crippen molar-refractivity contribution in [1.82, 2.24) is 99.0 Å². The molecule has 0 bridgehead atoms. The summed E-state index contributed by atoms with van der Waals surface area (Å²) in [7, 11) is 2.06. The third-order valence-electron chi connectivity index (χ3n) is 23.3. The molecule has 138 heavy (non-hydrogen) atoms. The molecule has 0 atom stereocenters. The van der Waals surface area contributed by atoms with E-state index >= 15 is 0 Å². The first-order valence-electron chi connectivity index (χ1n) is 45.5. The molecule has 0 saturated heterocycles. The van der Waals surface area contributed by atoms with E-state index in [1.54, 1.807) is 53.8 Å². The zero-order chi connectivity index (χ0) is 96.9. The van der Waals surface area contributed by atoms with Gasteiger partial charge in [-0.3, -0.25) is 69.1 Å². The van der Waals surface area contributed by atoms with Gasteiger partial charge < -0.3 is 56.8 Å². The van der Waals surface area contributed by atoms with Crippen LogP contribution in [0.4, 0.5) is 0 Å². The zero-order valence-corrected chi connectivity index (χ0v) is 77.8. The number of benzene rings is 6. The number of carbonyl (C=O) groups is 1. The Morgan fingerprint density at radius 2 is 0.688 bits per heavy atom. The number of hydrogen-bond donors (Lipinski definition) is 11. The summed E-state index contributed by atoms with van der Waals surface area (Å²) in [6, 6.07) is 52.7. The second kappa shape index (κ2) is 44.8. The maximum atomic E-state index is 13.0. The number of fused-ring (bicyclic) bond motifs is 15. The molecule has 13 aromatic heterocycles. The number of nitrogens with one attached hydrogen (secondary N) is 6. The highest BCUT2D eigenvalue weighted by atomic mass is 16.2. The lowest BCUT2D eigenvalue weighted by Crippen LogP contribution is -2.22. The smallest absolute Gasteiger partial charge is 0.262 e. The predicted molar refractivity (Wildman–Crippen MR) is 547 cm³/mol. The third kappa shape index (κ3) is 21.7. The van der Waals surface area contributed by atoms with Gasteiger partial charge in [-0.05, 0) is 245 Å². The van der Waals surface area contributed by atoms with E-state index in [-0.39, 0.29) is 33.7 Å². The molecule has 0 aliphatic rings. The lowest BCUT2D eigenvalue weighted by atomic mass is 10.1. The van der Waals surface area contributed by atoms with Crippen LogP contribution in [0.5, 0.6) is 0 Å². The number of nitrogens with two attached hydrogens (primary N) is 5. The molecule has 0 spiro atoms. The van der Waals surface area contributed by atoms with E-state index in [1.165, 1.54) is 12.5 Å². The summed E-state index contributed by atoms with van der Waals surface area (Å²) in [5, 5.41) is 46.8. The van der Waals surface area contributed by atoms with Crippen LogP contribution in [0.2, 0.25) is 0 Å². The molecule has 694 valence electrons. The van der Waals surface area contributed by atoms with Gasteiger partial charge in [0, 0.05) is 172 Å². The summed E-state index contributed by atoms with van der Waals surface area (Å²) in [5.74, 6) is 31.2. The van der Waals surface area contributed by atoms with Gasteiger partial charge in [0.15, 0.2) is 0 Å². The summed E-state index contributed by atoms with van der Waals surface area (Å²) < 4.78 is 8.90. The van der Waals surface area contributed by atoms with E-state index in [2.05, 4.69) is 167 Å². The van der Waals surface area contributed by atoms with Crippen molar-refractivity contribution in [2.45, 2.75) is 113 Å². The topological polar surface area (TPSA) is 455 Å². The van der Waals surface area contributed by atoms with Crippen LogP contribution in [-0.4, -0.2) is 152 Å². The third-order valence-corrected chi connectivity index (χ3v) is 23.3. The predicted octanol–water partition coefficient (Wildman–Crippen LogP) is 11.0. The highest BCUT2D eigenvalue weighted by Crippen LogP contribution is 2.31. The summed E-state index contributed by atoms with van der Waals surface area (Å²) in [4.78, 5) is 90.2. The Morgan fingerprint density at radius 3 is 1.02 bits per heavy atom. The SMILES string of the molecule is CC(=O)NCC#Cc1ccc2c(c1)c1n[nH]c(C)c1c(=O)n2CCCN.Cc1[nH]nc2c1c(=O)n(CCCN)c1ccc(C#CCN(C)Cc3ccccc3)cc21.Cc1[nH]nc2c1c(=O)n(CCCN)c1ccc(C#Cc3ccccn3)cc21.Cc1[nH]nc2c1c(=O)n(CCCN)c1ccc(C#Cc3cccnc3)cc21.Cc1[nH]nc2c1c(=O)n(CCCN)c1ccc(C#Cc3ccncc3)cc21. The van der Waals surface area contributed by atoms with Crippen LogP contribution in [-0.2, 0) is 44.1 Å². The van der Waals surface area contributed by atoms with Gasteiger partial charge in [0.1, 0.15) is 33.3 Å². The number of rotatable bonds is 19. The number of H-pyrrole nitrogens is 5. The minimum Gasteiger partial charge on any atom is -0.345 e. The molecule has 0 saturated carbocycles. The molecule has 19 rings (SSSR count). The van der Waals surface area contributed by atoms with Gasteiger partial charge >= 0.3 is 0 Å². The van der Waals surface area contributed by atoms with Crippen LogP contribution in [0.25, 0.3) is 109 Å². The first-order valence-corrected chi connectivity index (χ1v) is 45.5. The first-order chi connectivity index (χ1) is 67.2. The Labute approximate surface area is 793 Å². The van der Waals surface area contributed by atoms with Gasteiger partial charge in [0.25, 0.3) is 27.8 Å². The average Bonchev–Trinajstić information content (AvgIpc) is 1.54. The van der Waals surface area contributed by atoms with Gasteiger partial charge in [0.05, 0.1) is 67.6 Å². The normalized spacial score (nSPS) is 10.9. The molecular weight excluding hydrogens is 1730 g/mol. The van der Waals surface area contributed by atoms with Gasteiger partial charge in [-0.2, -0.15) is 25.5 Å². The first kappa shape index (κ1) is 95.8. The van der Waals surface area contributed by atoms with Crippen molar-refractivity contribution in [3.63, 3.8) is 0 Å². The molecule has 31 nitrogen and oxygen atoms in total. The van der Waals surface area contributed by atoms with Crippen molar-refractivity contribution in [3.8, 4) is 59.2 Å². The molecule has 0 unspecified atom stereocenters. The number of hydrogen-bond acceptors (Lipinski definition) is 20. The molecule has 0 radical (unpaired) electrons. The average molecular weight is 1840 g/mol. The van der Waals surface area contributed by atoms with E-state index in [0.29, 0.717) is 139 Å². The quantitative estimate of drug-likeness (QED) is 0.0335. The maximum Gasteiger partial charge on any atom is 0.262 e. The number of pyridine rings is 8. The second-order valence-electron chi connectivity index (χ2n) is 33.1. The number of aromatic amines is 5. The number of aryl methyl sites for hydroxylation is 10. The lowest BCUT2D eigenvalue weighted by Gasteiger charge is -2.13. The number of carbonyl (C=O) groups excluding carboxylic acids is 1. The Kier molecular flexibility index (Phi) is 31.1. The fourth-order valence-electron chi connectivity index (χ4n) is 16.5. The standard InChI is InChI=1S/C25H27N5O.3C21H19N5O.C19H21N5O2/c1-18-23-24(28-27-18)21-16-19(11-12-22(21)30(25(23)31)15-7-13-26)10-6-14-29(2)17-20-8-4-3-5-9-20;1-14-19-20(25-24-14)17-13-16(4-3-15-7-10-23-11-8-15)5-6-18(17)26(21(19)27)12-2-9-22;1-14-19-20(25-24-14)17-12-15(5-6-16-4-2-10-23-13-16)7-8-18(17)26(21(19)27)11-3-9-22;1-14-19-20(25-24-14)17-13-15(6-8-16-5-2-3-11-23-16)7-9-18(17)26(21(19)27)12-4-10-22;1-12-17-18(23-22-12)15-11-14(5-3-9-21-13(2)25)6-7-16(15)24(19(17)26)10-4-8-20/h3-5,8-9,11-12,16H,7,13-15,17,26H2,1-2H3,(H,27,28);5-8,10-11,13H,2,9,12,22H2,1H3,(H,24,25);2,4,7-8,10,12-13H,3,9,11,22H2,1H3,(H,24,25);2-3,5,7,9,11,13H,4,10,12,22H2,1H3,(H,24,25);6-7,11H,4,8-10,20H2,1-2H3,(H,21,25)(H,22,23). The summed E-state index contributed by atoms with van der Waals surface area (Å²) >= 11 is 0. The molecule has 0 aliphatic carbocycles. The fraction of sp³-hybridized carbons (Fsp3) is 0.234. The number of amides is 1. The monoisotopic (exact) mass is 1840 g/mol. The molecule has 6 aromatic carbocycles. The largest absolute Gasteiger partial charge is 0.345 e. The molecule has 19 aromatic rings. The van der Waals surface area contributed by atoms with E-state index in [9.17, 15) is 28.8 Å². The molecule has 1 amide bonds. The van der Waals surface area contributed by atoms with Crippen molar-refractivity contribution in [2.24, 2.45) is 28.7 Å². The van der Waals surface area contributed by atoms with E-state index < -0.39 is 0 Å². The lowest BCUT2D eigenvalue weighted by molar-refractivity contribution is -0.118. The van der Waals surface area contributed by atoms with Crippen LogP contribution >= 0.6 is 0 Å². The molecule has 0 fully saturated rings. The second-order valence-corrected chi connectivity index (χ2v) is 33.1. The van der Waals surface area contributed by atoms with Gasteiger partial charge in [-0.1, -0.05) is 89.7 Å². The van der Waals surface area contributed by atoms with Crippen molar-refractivity contribution < 1.29 is 4.79 Å². The van der Waals surface area contributed by atoms with Crippen molar-refractivity contribution in [2.75, 3.05) is 52.9 Å². The van der Waals surface area contributed by atoms with E-state index in [4.69, 9.17) is 28.7 Å². The Hall–Kier alpha value is -16.8. The highest BCUT2D eigenvalue weighted by Gasteiger charge is 2.22. The Bertz CT molecular complexity index is 7960. The summed E-state index contributed by atoms with van der Waals surface area (Å²) in [5.41, 5.74) is 47.5. The number of nitrogens with zero attached hydrogens (tertiary/aromatic N) is 14. The van der Waals surface area contributed by atoms with Crippen molar-refractivity contribution >= 4 is 115 Å². The van der Waals surface area contributed by atoms with Crippen LogP contribution in [0.15, 0.2) is 219 Å². The van der Waals surface area contributed by atoms with Gasteiger partial charge in [-0.25, -0.2) is 4.98 Å². The minimum atomic E-state index is -0.115. The fourth-order valence-corrected chi connectivity index (χ4v) is 16.5. The molecule has 16 N–H and O–H groups in total. The highest BCUT2D eigenvalue weighted by molar-refractivity contribution is 6.08. The van der Waals surface area contributed by atoms with E-state index in [0.717, 1.165) is 161 Å². The van der Waals surface area contributed by atoms with E-state index in [1.807, 2.05) is 174 Å². The molecule has 13 heterocycles. The Balaban J connectivity index is 0.000000131. The maximum absolute atomic E-state index is 13.0. The zero-order valence-electron chi connectivity index (χ0n) is 77.8. The van der Waals surface area contributed by atoms with Gasteiger partial charge in [-0.15, -0.1) is 0 Å². The molecule has 0 aliphatic heterocycles. The van der Waals surface area contributed by atoms with Crippen molar-refractivity contribution in [3.05, 3.63) is 325 Å². The minimum absolute atomic E-state index is 0.0245. The summed E-state index contributed by atoms with van der Waals surface area (Å²) in [6.45, 7) is 18.1. The van der Waals surface area contributed by atoms with Crippen LogP contribution < -0.4 is 61.8 Å².